The normalized spacial score (nSPS) is 13.6. The van der Waals surface area contributed by atoms with Gasteiger partial charge in [0.15, 0.2) is 0 Å². The second-order valence-electron chi connectivity index (χ2n) is 3.51. The minimum atomic E-state index is -1.46. The van der Waals surface area contributed by atoms with Crippen LogP contribution in [-0.4, -0.2) is 43.0 Å². The van der Waals surface area contributed by atoms with E-state index in [-0.39, 0.29) is 11.5 Å². The molecule has 1 amide bonds. The van der Waals surface area contributed by atoms with Crippen molar-refractivity contribution >= 4 is 22.7 Å². The second kappa shape index (κ2) is 6.80. The van der Waals surface area contributed by atoms with Crippen LogP contribution >= 0.6 is 0 Å². The Morgan fingerprint density at radius 2 is 2.06 bits per heavy atom. The molecule has 1 heterocycles. The number of hydrogen-bond acceptors (Lipinski definition) is 5. The average molecular weight is 271 g/mol. The lowest BCUT2D eigenvalue weighted by Crippen LogP contribution is -2.43. The molecule has 1 rings (SSSR count). The van der Waals surface area contributed by atoms with Gasteiger partial charge < -0.3 is 10.4 Å². The molecule has 2 N–H and O–H groups in total. The van der Waals surface area contributed by atoms with Crippen LogP contribution in [0, 0.1) is 0 Å². The van der Waals surface area contributed by atoms with Gasteiger partial charge in [-0.2, -0.15) is 0 Å². The lowest BCUT2D eigenvalue weighted by atomic mass is 10.3. The summed E-state index contributed by atoms with van der Waals surface area (Å²) in [5, 5.41) is 11.1. The van der Waals surface area contributed by atoms with E-state index in [0.717, 1.165) is 0 Å². The number of aromatic nitrogens is 2. The van der Waals surface area contributed by atoms with Crippen molar-refractivity contribution < 1.29 is 18.9 Å². The summed E-state index contributed by atoms with van der Waals surface area (Å²) in [7, 11) is -1.46. The molecule has 0 spiro atoms. The van der Waals surface area contributed by atoms with E-state index in [1.807, 2.05) is 0 Å². The maximum Gasteiger partial charge on any atom is 0.327 e. The van der Waals surface area contributed by atoms with Crippen LogP contribution in [0.4, 0.5) is 0 Å². The number of carbonyl (C=O) groups excluding carboxylic acids is 1. The molecule has 1 aromatic rings. The molecule has 2 atom stereocenters. The highest BCUT2D eigenvalue weighted by Gasteiger charge is 2.21. The first-order valence-electron chi connectivity index (χ1n) is 5.10. The van der Waals surface area contributed by atoms with Gasteiger partial charge in [-0.1, -0.05) is 0 Å². The molecule has 0 aromatic carbocycles. The molecule has 8 heteroatoms. The van der Waals surface area contributed by atoms with Crippen LogP contribution < -0.4 is 5.32 Å². The maximum absolute atomic E-state index is 11.7. The topological polar surface area (TPSA) is 109 Å². The average Bonchev–Trinajstić information content (AvgIpc) is 2.28. The second-order valence-corrected chi connectivity index (χ2v) is 5.01. The van der Waals surface area contributed by atoms with Gasteiger partial charge in [-0.15, -0.1) is 0 Å². The van der Waals surface area contributed by atoms with Crippen LogP contribution in [0.5, 0.6) is 0 Å². The van der Waals surface area contributed by atoms with Crippen molar-refractivity contribution in [2.75, 3.05) is 5.75 Å². The third-order valence-corrected chi connectivity index (χ3v) is 3.22. The highest BCUT2D eigenvalue weighted by molar-refractivity contribution is 7.84. The molecule has 0 aliphatic rings. The Labute approximate surface area is 106 Å². The van der Waals surface area contributed by atoms with Crippen LogP contribution in [0.15, 0.2) is 18.5 Å². The number of amides is 1. The third kappa shape index (κ3) is 5.00. The SMILES string of the molecule is CC(=O)NC(CS(=O)Cc1ncccn1)C(=O)O. The van der Waals surface area contributed by atoms with E-state index < -0.39 is 28.7 Å². The Morgan fingerprint density at radius 3 is 2.56 bits per heavy atom. The van der Waals surface area contributed by atoms with Crippen molar-refractivity contribution in [2.45, 2.75) is 18.7 Å². The highest BCUT2D eigenvalue weighted by Crippen LogP contribution is 1.98. The number of nitrogens with one attached hydrogen (secondary N) is 1. The first kappa shape index (κ1) is 14.2. The number of aliphatic carboxylic acids is 1. The molecule has 7 nitrogen and oxygen atoms in total. The predicted molar refractivity (Wildman–Crippen MR) is 64.0 cm³/mol. The zero-order chi connectivity index (χ0) is 13.5. The first-order chi connectivity index (χ1) is 8.49. The van der Waals surface area contributed by atoms with Crippen LogP contribution in [-0.2, 0) is 26.1 Å². The molecule has 0 saturated carbocycles. The molecule has 0 radical (unpaired) electrons. The Bertz CT molecular complexity index is 452. The van der Waals surface area contributed by atoms with Crippen molar-refractivity contribution in [3.05, 3.63) is 24.3 Å². The summed E-state index contributed by atoms with van der Waals surface area (Å²) in [6.07, 6.45) is 3.03. The Balaban J connectivity index is 2.56. The van der Waals surface area contributed by atoms with Gasteiger partial charge in [0, 0.05) is 30.1 Å². The smallest absolute Gasteiger partial charge is 0.327 e. The summed E-state index contributed by atoms with van der Waals surface area (Å²) in [5.74, 6) is -1.43. The fraction of sp³-hybridized carbons (Fsp3) is 0.400. The van der Waals surface area contributed by atoms with Crippen LogP contribution in [0.3, 0.4) is 0 Å². The largest absolute Gasteiger partial charge is 0.480 e. The summed E-state index contributed by atoms with van der Waals surface area (Å²) >= 11 is 0. The van der Waals surface area contributed by atoms with Crippen LogP contribution in [0.25, 0.3) is 0 Å². The number of carboxylic acids is 1. The summed E-state index contributed by atoms with van der Waals surface area (Å²) in [5.41, 5.74) is 0. The van der Waals surface area contributed by atoms with Gasteiger partial charge in [0.25, 0.3) is 0 Å². The standard InChI is InChI=1S/C10H13N3O4S/c1-7(14)13-8(10(15)16)5-18(17)6-9-11-3-2-4-12-9/h2-4,8H,5-6H2,1H3,(H,13,14)(H,15,16). The summed E-state index contributed by atoms with van der Waals surface area (Å²) in [6, 6.07) is 0.469. The first-order valence-corrected chi connectivity index (χ1v) is 6.58. The highest BCUT2D eigenvalue weighted by atomic mass is 32.2. The maximum atomic E-state index is 11.7. The summed E-state index contributed by atoms with van der Waals surface area (Å²) < 4.78 is 11.7. The molecule has 0 bridgehead atoms. The molecule has 0 saturated heterocycles. The summed E-state index contributed by atoms with van der Waals surface area (Å²) in [4.78, 5) is 29.4. The predicted octanol–water partition coefficient (Wildman–Crippen LogP) is -0.685. The van der Waals surface area contributed by atoms with Gasteiger partial charge in [-0.05, 0) is 6.07 Å². The Kier molecular flexibility index (Phi) is 5.37. The monoisotopic (exact) mass is 271 g/mol. The van der Waals surface area contributed by atoms with Crippen LogP contribution in [0.2, 0.25) is 0 Å². The Morgan fingerprint density at radius 1 is 1.44 bits per heavy atom. The molecule has 18 heavy (non-hydrogen) atoms. The van der Waals surface area contributed by atoms with Gasteiger partial charge in [0.1, 0.15) is 11.9 Å². The molecule has 0 aliphatic carbocycles. The van der Waals surface area contributed by atoms with Crippen molar-refractivity contribution in [1.29, 1.82) is 0 Å². The fourth-order valence-corrected chi connectivity index (χ4v) is 2.37. The van der Waals surface area contributed by atoms with E-state index in [1.54, 1.807) is 6.07 Å². The van der Waals surface area contributed by atoms with Crippen molar-refractivity contribution in [1.82, 2.24) is 15.3 Å². The van der Waals surface area contributed by atoms with E-state index in [1.165, 1.54) is 19.3 Å². The molecular weight excluding hydrogens is 258 g/mol. The van der Waals surface area contributed by atoms with Gasteiger partial charge in [0.2, 0.25) is 5.91 Å². The van der Waals surface area contributed by atoms with E-state index in [4.69, 9.17) is 5.11 Å². The Hall–Kier alpha value is -1.83. The minimum absolute atomic E-state index is 0.0597. The molecular formula is C10H13N3O4S. The summed E-state index contributed by atoms with van der Waals surface area (Å²) in [6.45, 7) is 1.21. The molecule has 0 aliphatic heterocycles. The van der Waals surface area contributed by atoms with E-state index in [2.05, 4.69) is 15.3 Å². The number of nitrogens with zero attached hydrogens (tertiary/aromatic N) is 2. The minimum Gasteiger partial charge on any atom is -0.480 e. The van der Waals surface area contributed by atoms with Gasteiger partial charge in [0.05, 0.1) is 11.5 Å². The number of carboxylic acid groups (broad SMARTS) is 1. The zero-order valence-electron chi connectivity index (χ0n) is 9.70. The quantitative estimate of drug-likeness (QED) is 0.709. The fourth-order valence-electron chi connectivity index (χ4n) is 1.21. The van der Waals surface area contributed by atoms with Gasteiger partial charge in [-0.25, -0.2) is 14.8 Å². The molecule has 0 fully saturated rings. The number of carbonyl (C=O) groups is 2. The van der Waals surface area contributed by atoms with Crippen molar-refractivity contribution in [2.24, 2.45) is 0 Å². The van der Waals surface area contributed by atoms with Crippen LogP contribution in [0.1, 0.15) is 12.7 Å². The van der Waals surface area contributed by atoms with E-state index in [9.17, 15) is 13.8 Å². The molecule has 98 valence electrons. The van der Waals surface area contributed by atoms with Crippen molar-refractivity contribution in [3.63, 3.8) is 0 Å². The molecule has 2 unspecified atom stereocenters. The van der Waals surface area contributed by atoms with E-state index in [0.29, 0.717) is 5.82 Å². The zero-order valence-corrected chi connectivity index (χ0v) is 10.5. The number of hydrogen-bond donors (Lipinski definition) is 2. The van der Waals surface area contributed by atoms with Gasteiger partial charge in [-0.3, -0.25) is 9.00 Å². The molecule has 1 aromatic heterocycles. The third-order valence-electron chi connectivity index (χ3n) is 1.94. The lowest BCUT2D eigenvalue weighted by Gasteiger charge is -2.12. The van der Waals surface area contributed by atoms with E-state index >= 15 is 0 Å². The lowest BCUT2D eigenvalue weighted by molar-refractivity contribution is -0.140. The van der Waals surface area contributed by atoms with Crippen molar-refractivity contribution in [3.8, 4) is 0 Å². The van der Waals surface area contributed by atoms with Gasteiger partial charge >= 0.3 is 5.97 Å². The number of rotatable bonds is 6.